The summed E-state index contributed by atoms with van der Waals surface area (Å²) in [6, 6.07) is 0. The largest absolute Gasteiger partial charge is 0.479 e. The van der Waals surface area contributed by atoms with E-state index in [-0.39, 0.29) is 13.0 Å². The van der Waals surface area contributed by atoms with Crippen LogP contribution in [0.5, 0.6) is 0 Å². The average Bonchev–Trinajstić information content (AvgIpc) is 2.57. The molecule has 0 radical (unpaired) electrons. The van der Waals surface area contributed by atoms with Gasteiger partial charge in [0.15, 0.2) is 6.10 Å². The summed E-state index contributed by atoms with van der Waals surface area (Å²) in [4.78, 5) is 10.4. The molecule has 1 saturated heterocycles. The van der Waals surface area contributed by atoms with Crippen LogP contribution in [0.25, 0.3) is 0 Å². The van der Waals surface area contributed by atoms with E-state index < -0.39 is 22.3 Å². The summed E-state index contributed by atoms with van der Waals surface area (Å²) in [5.41, 5.74) is 0. The van der Waals surface area contributed by atoms with Crippen molar-refractivity contribution in [2.24, 2.45) is 0 Å². The number of nitrogens with one attached hydrogen (secondary N) is 1. The number of hydrogen-bond acceptors (Lipinski definition) is 4. The van der Waals surface area contributed by atoms with Crippen molar-refractivity contribution >= 4 is 16.2 Å². The van der Waals surface area contributed by atoms with Gasteiger partial charge < -0.3 is 10.2 Å². The van der Waals surface area contributed by atoms with Crippen molar-refractivity contribution in [1.29, 1.82) is 0 Å². The number of hydrogen-bond donors (Lipinski definition) is 3. The Hall–Kier alpha value is -0.700. The quantitative estimate of drug-likeness (QED) is 0.610. The molecule has 0 aliphatic carbocycles. The molecule has 1 unspecified atom stereocenters. The van der Waals surface area contributed by atoms with Gasteiger partial charge in [0.25, 0.3) is 10.2 Å². The molecule has 1 fully saturated rings. The molecule has 1 aliphatic heterocycles. The Morgan fingerprint density at radius 3 is 2.28 bits per heavy atom. The second-order valence-corrected chi connectivity index (χ2v) is 6.11. The topological polar surface area (TPSA) is 107 Å². The molecule has 1 heterocycles. The fourth-order valence-electron chi connectivity index (χ4n) is 1.82. The molecule has 1 rings (SSSR count). The number of rotatable bonds is 6. The normalized spacial score (nSPS) is 20.3. The van der Waals surface area contributed by atoms with Crippen LogP contribution >= 0.6 is 0 Å². The van der Waals surface area contributed by atoms with Gasteiger partial charge in [-0.1, -0.05) is 12.8 Å². The Kier molecular flexibility index (Phi) is 6.00. The maximum atomic E-state index is 11.9. The van der Waals surface area contributed by atoms with Crippen LogP contribution < -0.4 is 4.72 Å². The number of carboxylic acids is 1. The van der Waals surface area contributed by atoms with Crippen molar-refractivity contribution < 1.29 is 23.4 Å². The minimum Gasteiger partial charge on any atom is -0.479 e. The van der Waals surface area contributed by atoms with Crippen molar-refractivity contribution in [3.05, 3.63) is 0 Å². The van der Waals surface area contributed by atoms with Gasteiger partial charge in [-0.25, -0.2) is 9.52 Å². The van der Waals surface area contributed by atoms with Gasteiger partial charge >= 0.3 is 5.97 Å². The zero-order valence-corrected chi connectivity index (χ0v) is 11.0. The van der Waals surface area contributed by atoms with E-state index in [2.05, 4.69) is 4.72 Å². The summed E-state index contributed by atoms with van der Waals surface area (Å²) in [7, 11) is -3.55. The molecular formula is C10H20N2O5S. The van der Waals surface area contributed by atoms with Crippen LogP contribution in [0, 0.1) is 0 Å². The molecule has 1 aliphatic rings. The van der Waals surface area contributed by atoms with Gasteiger partial charge in [-0.3, -0.25) is 0 Å². The van der Waals surface area contributed by atoms with E-state index in [0.29, 0.717) is 13.1 Å². The number of aliphatic hydroxyl groups excluding tert-OH is 1. The van der Waals surface area contributed by atoms with Crippen LogP contribution in [-0.2, 0) is 15.0 Å². The first-order valence-electron chi connectivity index (χ1n) is 6.09. The van der Waals surface area contributed by atoms with Crippen LogP contribution in [0.2, 0.25) is 0 Å². The Bertz CT molecular complexity index is 362. The summed E-state index contributed by atoms with van der Waals surface area (Å²) in [5, 5.41) is 17.5. The third kappa shape index (κ3) is 4.89. The number of aliphatic hydroxyl groups is 1. The molecule has 7 nitrogen and oxygen atoms in total. The highest BCUT2D eigenvalue weighted by atomic mass is 32.2. The molecule has 0 bridgehead atoms. The summed E-state index contributed by atoms with van der Waals surface area (Å²) in [6.07, 6.45) is 2.09. The maximum absolute atomic E-state index is 11.9. The molecule has 0 aromatic carbocycles. The van der Waals surface area contributed by atoms with E-state index in [1.54, 1.807) is 0 Å². The van der Waals surface area contributed by atoms with Crippen molar-refractivity contribution in [1.82, 2.24) is 9.03 Å². The van der Waals surface area contributed by atoms with Gasteiger partial charge in [-0.15, -0.1) is 0 Å². The standard InChI is InChI=1S/C10H20N2O5S/c13-9(10(14)15)5-6-11-18(16,17)12-7-3-1-2-4-8-12/h9,11,13H,1-8H2,(H,14,15). The van der Waals surface area contributed by atoms with E-state index in [0.717, 1.165) is 25.7 Å². The summed E-state index contributed by atoms with van der Waals surface area (Å²) < 4.78 is 27.5. The minimum atomic E-state index is -3.55. The number of carbonyl (C=O) groups is 1. The molecule has 0 spiro atoms. The third-order valence-electron chi connectivity index (χ3n) is 2.89. The molecule has 18 heavy (non-hydrogen) atoms. The van der Waals surface area contributed by atoms with Crippen LogP contribution in [0.15, 0.2) is 0 Å². The van der Waals surface area contributed by atoms with Gasteiger partial charge in [0.1, 0.15) is 0 Å². The Balaban J connectivity index is 2.41. The monoisotopic (exact) mass is 280 g/mol. The predicted molar refractivity (Wildman–Crippen MR) is 65.2 cm³/mol. The highest BCUT2D eigenvalue weighted by molar-refractivity contribution is 7.87. The SMILES string of the molecule is O=C(O)C(O)CCNS(=O)(=O)N1CCCCCC1. The Morgan fingerprint density at radius 1 is 1.22 bits per heavy atom. The predicted octanol–water partition coefficient (Wildman–Crippen LogP) is -0.468. The molecule has 0 saturated carbocycles. The first-order valence-corrected chi connectivity index (χ1v) is 7.53. The lowest BCUT2D eigenvalue weighted by molar-refractivity contribution is -0.146. The summed E-state index contributed by atoms with van der Waals surface area (Å²) in [6.45, 7) is 0.917. The molecule has 3 N–H and O–H groups in total. The highest BCUT2D eigenvalue weighted by Gasteiger charge is 2.23. The zero-order valence-electron chi connectivity index (χ0n) is 10.2. The van der Waals surface area contributed by atoms with Crippen molar-refractivity contribution in [3.63, 3.8) is 0 Å². The van der Waals surface area contributed by atoms with Gasteiger partial charge in [0.05, 0.1) is 0 Å². The minimum absolute atomic E-state index is 0.0771. The fourth-order valence-corrected chi connectivity index (χ4v) is 3.12. The van der Waals surface area contributed by atoms with E-state index in [1.807, 2.05) is 0 Å². The van der Waals surface area contributed by atoms with E-state index >= 15 is 0 Å². The number of carboxylic acid groups (broad SMARTS) is 1. The average molecular weight is 280 g/mol. The first kappa shape index (κ1) is 15.4. The Morgan fingerprint density at radius 2 is 1.78 bits per heavy atom. The molecule has 0 aromatic heterocycles. The second-order valence-electron chi connectivity index (χ2n) is 4.36. The van der Waals surface area contributed by atoms with Crippen LogP contribution in [0.1, 0.15) is 32.1 Å². The molecule has 1 atom stereocenters. The lowest BCUT2D eigenvalue weighted by atomic mass is 10.2. The molecule has 0 amide bonds. The van der Waals surface area contributed by atoms with Crippen LogP contribution in [0.3, 0.4) is 0 Å². The van der Waals surface area contributed by atoms with Gasteiger partial charge in [-0.05, 0) is 19.3 Å². The van der Waals surface area contributed by atoms with Gasteiger partial charge in [-0.2, -0.15) is 12.7 Å². The first-order chi connectivity index (χ1) is 8.43. The van der Waals surface area contributed by atoms with Crippen molar-refractivity contribution in [2.75, 3.05) is 19.6 Å². The van der Waals surface area contributed by atoms with Gasteiger partial charge in [0.2, 0.25) is 0 Å². The zero-order chi connectivity index (χ0) is 13.6. The molecule has 8 heteroatoms. The lowest BCUT2D eigenvalue weighted by Gasteiger charge is -2.20. The molecule has 0 aromatic rings. The summed E-state index contributed by atoms with van der Waals surface area (Å²) >= 11 is 0. The second kappa shape index (κ2) is 7.03. The number of nitrogens with zero attached hydrogens (tertiary/aromatic N) is 1. The van der Waals surface area contributed by atoms with E-state index in [1.165, 1.54) is 4.31 Å². The van der Waals surface area contributed by atoms with Crippen LogP contribution in [0.4, 0.5) is 0 Å². The van der Waals surface area contributed by atoms with Crippen LogP contribution in [-0.4, -0.2) is 54.6 Å². The number of aliphatic carboxylic acids is 1. The van der Waals surface area contributed by atoms with Crippen molar-refractivity contribution in [3.8, 4) is 0 Å². The van der Waals surface area contributed by atoms with Gasteiger partial charge in [0, 0.05) is 19.6 Å². The highest BCUT2D eigenvalue weighted by Crippen LogP contribution is 2.12. The van der Waals surface area contributed by atoms with Crippen molar-refractivity contribution in [2.45, 2.75) is 38.2 Å². The fraction of sp³-hybridized carbons (Fsp3) is 0.900. The Labute approximate surface area is 107 Å². The van der Waals surface area contributed by atoms with E-state index in [4.69, 9.17) is 10.2 Å². The third-order valence-corrected chi connectivity index (χ3v) is 4.51. The summed E-state index contributed by atoms with van der Waals surface area (Å²) in [5.74, 6) is -1.34. The molecular weight excluding hydrogens is 260 g/mol. The maximum Gasteiger partial charge on any atom is 0.332 e. The smallest absolute Gasteiger partial charge is 0.332 e. The van der Waals surface area contributed by atoms with E-state index in [9.17, 15) is 13.2 Å². The lowest BCUT2D eigenvalue weighted by Crippen LogP contribution is -2.42. The molecule has 106 valence electrons.